The highest BCUT2D eigenvalue weighted by Gasteiger charge is 2.39. The van der Waals surface area contributed by atoms with Gasteiger partial charge in [-0.3, -0.25) is 0 Å². The van der Waals surface area contributed by atoms with Gasteiger partial charge in [-0.05, 0) is 65.2 Å². The Morgan fingerprint density at radius 2 is 2.00 bits per heavy atom. The van der Waals surface area contributed by atoms with E-state index in [1.165, 1.54) is 35.8 Å². The molecule has 1 nitrogen and oxygen atoms in total. The zero-order chi connectivity index (χ0) is 11.1. The molecule has 0 radical (unpaired) electrons. The summed E-state index contributed by atoms with van der Waals surface area (Å²) >= 11 is 7.13. The van der Waals surface area contributed by atoms with Crippen molar-refractivity contribution >= 4 is 37.5 Å². The quantitative estimate of drug-likeness (QED) is 0.811. The molecule has 1 aromatic carbocycles. The second-order valence-electron chi connectivity index (χ2n) is 5.05. The van der Waals surface area contributed by atoms with Gasteiger partial charge in [-0.2, -0.15) is 0 Å². The highest BCUT2D eigenvalue weighted by Crippen LogP contribution is 2.46. The first-order chi connectivity index (χ1) is 7.72. The van der Waals surface area contributed by atoms with Crippen LogP contribution in [0.1, 0.15) is 25.7 Å². The van der Waals surface area contributed by atoms with Crippen molar-refractivity contribution in [2.45, 2.75) is 31.7 Å². The van der Waals surface area contributed by atoms with Gasteiger partial charge in [0.1, 0.15) is 0 Å². The number of hydrogen-bond donors (Lipinski definition) is 1. The Morgan fingerprint density at radius 1 is 1.12 bits per heavy atom. The minimum atomic E-state index is 0.698. The number of benzene rings is 1. The molecule has 16 heavy (non-hydrogen) atoms. The zero-order valence-corrected chi connectivity index (χ0v) is 12.2. The van der Waals surface area contributed by atoms with Gasteiger partial charge in [-0.1, -0.05) is 22.4 Å². The molecule has 3 heteroatoms. The maximum Gasteiger partial charge on any atom is 0.0498 e. The molecule has 0 amide bonds. The summed E-state index contributed by atoms with van der Waals surface area (Å²) in [5, 5.41) is 3.70. The molecule has 1 aromatic rings. The van der Waals surface area contributed by atoms with Crippen molar-refractivity contribution in [3.63, 3.8) is 0 Å². The fourth-order valence-electron chi connectivity index (χ4n) is 3.23. The van der Waals surface area contributed by atoms with E-state index in [1.807, 2.05) is 0 Å². The van der Waals surface area contributed by atoms with Gasteiger partial charge in [0.15, 0.2) is 0 Å². The van der Waals surface area contributed by atoms with E-state index in [4.69, 9.17) is 0 Å². The molecule has 0 spiro atoms. The summed E-state index contributed by atoms with van der Waals surface area (Å²) in [4.78, 5) is 0. The standard InChI is InChI=1S/C13H15Br2N/c14-10-3-4-11(15)13(7-10)16-12-6-8-1-2-9(12)5-8/h3-4,7-9,12,16H,1-2,5-6H2. The van der Waals surface area contributed by atoms with E-state index in [9.17, 15) is 0 Å². The van der Waals surface area contributed by atoms with Gasteiger partial charge in [0.2, 0.25) is 0 Å². The SMILES string of the molecule is Brc1ccc(Br)c(NC2CC3CCC2C3)c1. The Hall–Kier alpha value is -0.0200. The first-order valence-electron chi connectivity index (χ1n) is 5.94. The lowest BCUT2D eigenvalue weighted by atomic mass is 9.95. The Kier molecular flexibility index (Phi) is 3.01. The van der Waals surface area contributed by atoms with E-state index in [0.717, 1.165) is 16.3 Å². The lowest BCUT2D eigenvalue weighted by Gasteiger charge is -2.24. The van der Waals surface area contributed by atoms with Gasteiger partial charge in [0.25, 0.3) is 0 Å². The maximum absolute atomic E-state index is 3.70. The summed E-state index contributed by atoms with van der Waals surface area (Å²) in [5.41, 5.74) is 1.23. The van der Waals surface area contributed by atoms with Gasteiger partial charge in [0.05, 0.1) is 0 Å². The van der Waals surface area contributed by atoms with E-state index in [0.29, 0.717) is 6.04 Å². The molecule has 3 atom stereocenters. The molecule has 3 unspecified atom stereocenters. The third-order valence-corrected chi connectivity index (χ3v) is 5.19. The fourth-order valence-corrected chi connectivity index (χ4v) is 3.95. The minimum Gasteiger partial charge on any atom is -0.381 e. The van der Waals surface area contributed by atoms with E-state index in [1.54, 1.807) is 0 Å². The van der Waals surface area contributed by atoms with Crippen molar-refractivity contribution in [1.82, 2.24) is 0 Å². The average molecular weight is 345 g/mol. The highest BCUT2D eigenvalue weighted by molar-refractivity contribution is 9.11. The maximum atomic E-state index is 3.70. The van der Waals surface area contributed by atoms with Crippen LogP contribution in [0.15, 0.2) is 27.1 Å². The van der Waals surface area contributed by atoms with Crippen LogP contribution in [-0.4, -0.2) is 6.04 Å². The van der Waals surface area contributed by atoms with Crippen molar-refractivity contribution < 1.29 is 0 Å². The number of nitrogens with one attached hydrogen (secondary N) is 1. The van der Waals surface area contributed by atoms with Crippen molar-refractivity contribution in [3.05, 3.63) is 27.1 Å². The number of anilines is 1. The van der Waals surface area contributed by atoms with Gasteiger partial charge < -0.3 is 5.32 Å². The normalized spacial score (nSPS) is 32.0. The van der Waals surface area contributed by atoms with Crippen LogP contribution < -0.4 is 5.32 Å². The number of fused-ring (bicyclic) bond motifs is 2. The fraction of sp³-hybridized carbons (Fsp3) is 0.538. The molecular weight excluding hydrogens is 330 g/mol. The molecule has 86 valence electrons. The average Bonchev–Trinajstić information content (AvgIpc) is 2.85. The minimum absolute atomic E-state index is 0.698. The molecule has 0 saturated heterocycles. The number of hydrogen-bond acceptors (Lipinski definition) is 1. The third-order valence-electron chi connectivity index (χ3n) is 4.01. The summed E-state index contributed by atoms with van der Waals surface area (Å²) in [6.07, 6.45) is 5.70. The van der Waals surface area contributed by atoms with Crippen molar-refractivity contribution in [3.8, 4) is 0 Å². The van der Waals surface area contributed by atoms with Crippen molar-refractivity contribution in [2.75, 3.05) is 5.32 Å². The van der Waals surface area contributed by atoms with Crippen LogP contribution in [0.25, 0.3) is 0 Å². The Balaban J connectivity index is 1.76. The molecular formula is C13H15Br2N. The van der Waals surface area contributed by atoms with E-state index >= 15 is 0 Å². The zero-order valence-electron chi connectivity index (χ0n) is 9.05. The highest BCUT2D eigenvalue weighted by atomic mass is 79.9. The second kappa shape index (κ2) is 4.34. The predicted octanol–water partition coefficient (Wildman–Crippen LogP) is 4.81. The molecule has 2 bridgehead atoms. The summed E-state index contributed by atoms with van der Waals surface area (Å²) < 4.78 is 2.31. The smallest absolute Gasteiger partial charge is 0.0498 e. The molecule has 2 aliphatic rings. The van der Waals surface area contributed by atoms with Gasteiger partial charge in [-0.15, -0.1) is 0 Å². The van der Waals surface area contributed by atoms with E-state index in [2.05, 4.69) is 55.4 Å². The van der Waals surface area contributed by atoms with Gasteiger partial charge in [0, 0.05) is 20.7 Å². The lowest BCUT2D eigenvalue weighted by Crippen LogP contribution is -2.25. The molecule has 2 saturated carbocycles. The molecule has 0 aromatic heterocycles. The predicted molar refractivity (Wildman–Crippen MR) is 74.7 cm³/mol. The molecule has 2 fully saturated rings. The Morgan fingerprint density at radius 3 is 2.69 bits per heavy atom. The molecule has 2 aliphatic carbocycles. The number of halogens is 2. The van der Waals surface area contributed by atoms with Crippen LogP contribution in [0, 0.1) is 11.8 Å². The summed E-state index contributed by atoms with van der Waals surface area (Å²) in [7, 11) is 0. The van der Waals surface area contributed by atoms with Crippen LogP contribution in [-0.2, 0) is 0 Å². The van der Waals surface area contributed by atoms with Gasteiger partial charge in [-0.25, -0.2) is 0 Å². The van der Waals surface area contributed by atoms with Crippen LogP contribution in [0.4, 0.5) is 5.69 Å². The first kappa shape index (κ1) is 11.1. The summed E-state index contributed by atoms with van der Waals surface area (Å²) in [5.74, 6) is 1.91. The van der Waals surface area contributed by atoms with E-state index < -0.39 is 0 Å². The number of rotatable bonds is 2. The molecule has 1 N–H and O–H groups in total. The Labute approximate surface area is 113 Å². The first-order valence-corrected chi connectivity index (χ1v) is 7.52. The Bertz CT molecular complexity index is 405. The molecule has 0 heterocycles. The summed E-state index contributed by atoms with van der Waals surface area (Å²) in [6, 6.07) is 7.02. The van der Waals surface area contributed by atoms with Gasteiger partial charge >= 0.3 is 0 Å². The lowest BCUT2D eigenvalue weighted by molar-refractivity contribution is 0.439. The third kappa shape index (κ3) is 2.04. The second-order valence-corrected chi connectivity index (χ2v) is 6.82. The topological polar surface area (TPSA) is 12.0 Å². The van der Waals surface area contributed by atoms with Crippen molar-refractivity contribution in [2.24, 2.45) is 11.8 Å². The monoisotopic (exact) mass is 343 g/mol. The molecule has 3 rings (SSSR count). The van der Waals surface area contributed by atoms with Crippen LogP contribution in [0.2, 0.25) is 0 Å². The van der Waals surface area contributed by atoms with E-state index in [-0.39, 0.29) is 0 Å². The van der Waals surface area contributed by atoms with Crippen LogP contribution >= 0.6 is 31.9 Å². The molecule has 0 aliphatic heterocycles. The van der Waals surface area contributed by atoms with Crippen molar-refractivity contribution in [1.29, 1.82) is 0 Å². The largest absolute Gasteiger partial charge is 0.381 e. The summed E-state index contributed by atoms with van der Waals surface area (Å²) in [6.45, 7) is 0. The van der Waals surface area contributed by atoms with Crippen LogP contribution in [0.5, 0.6) is 0 Å². The van der Waals surface area contributed by atoms with Crippen LogP contribution in [0.3, 0.4) is 0 Å².